The molecule has 0 radical (unpaired) electrons. The van der Waals surface area contributed by atoms with Crippen LogP contribution in [-0.4, -0.2) is 17.6 Å². The number of ether oxygens (including phenoxy) is 2. The van der Waals surface area contributed by atoms with Crippen LogP contribution >= 0.6 is 22.6 Å². The van der Waals surface area contributed by atoms with E-state index in [0.717, 1.165) is 3.57 Å². The van der Waals surface area contributed by atoms with Gasteiger partial charge in [0.2, 0.25) is 0 Å². The molecule has 0 amide bonds. The summed E-state index contributed by atoms with van der Waals surface area (Å²) in [5.41, 5.74) is 0.0949. The zero-order valence-corrected chi connectivity index (χ0v) is 11.7. The Labute approximate surface area is 117 Å². The molecule has 0 fully saturated rings. The molecule has 0 aliphatic rings. The van der Waals surface area contributed by atoms with Crippen LogP contribution in [0.25, 0.3) is 0 Å². The van der Waals surface area contributed by atoms with E-state index in [1.165, 1.54) is 6.26 Å². The number of aromatic nitrogens is 1. The molecule has 2 aromatic rings. The maximum atomic E-state index is 11.4. The number of esters is 1. The molecule has 0 aliphatic carbocycles. The van der Waals surface area contributed by atoms with Crippen LogP contribution in [0.4, 0.5) is 0 Å². The van der Waals surface area contributed by atoms with Gasteiger partial charge in [-0.05, 0) is 47.7 Å². The molecule has 6 heteroatoms. The lowest BCUT2D eigenvalue weighted by Crippen LogP contribution is -2.04. The van der Waals surface area contributed by atoms with E-state index in [4.69, 9.17) is 13.9 Å². The predicted octanol–water partition coefficient (Wildman–Crippen LogP) is 3.25. The van der Waals surface area contributed by atoms with Crippen molar-refractivity contribution in [3.63, 3.8) is 0 Å². The average molecular weight is 359 g/mol. The van der Waals surface area contributed by atoms with Gasteiger partial charge in [-0.3, -0.25) is 0 Å². The van der Waals surface area contributed by atoms with E-state index in [9.17, 15) is 4.79 Å². The molecule has 18 heavy (non-hydrogen) atoms. The minimum absolute atomic E-state index is 0.0139. The van der Waals surface area contributed by atoms with Gasteiger partial charge in [0.1, 0.15) is 12.0 Å². The molecule has 94 valence electrons. The predicted molar refractivity (Wildman–Crippen MR) is 71.7 cm³/mol. The van der Waals surface area contributed by atoms with E-state index in [0.29, 0.717) is 12.4 Å². The second-order valence-corrected chi connectivity index (χ2v) is 4.52. The third-order valence-corrected chi connectivity index (χ3v) is 2.64. The standard InChI is InChI=1S/C12H10INO4/c1-2-16-11(15)10-7-17-12(14-10)18-9-5-3-4-8(13)6-9/h3-7H,2H2,1H3. The Balaban J connectivity index is 2.09. The fourth-order valence-electron chi connectivity index (χ4n) is 1.23. The van der Waals surface area contributed by atoms with Gasteiger partial charge in [0.05, 0.1) is 6.61 Å². The van der Waals surface area contributed by atoms with Crippen LogP contribution in [0.15, 0.2) is 34.9 Å². The van der Waals surface area contributed by atoms with Gasteiger partial charge in [0.25, 0.3) is 0 Å². The summed E-state index contributed by atoms with van der Waals surface area (Å²) in [7, 11) is 0. The third-order valence-electron chi connectivity index (χ3n) is 1.97. The first-order valence-corrected chi connectivity index (χ1v) is 6.33. The summed E-state index contributed by atoms with van der Waals surface area (Å²) in [6.07, 6.45) is 1.22. The summed E-state index contributed by atoms with van der Waals surface area (Å²) in [5.74, 6) is 0.0675. The number of hydrogen-bond donors (Lipinski definition) is 0. The van der Waals surface area contributed by atoms with E-state index in [-0.39, 0.29) is 11.8 Å². The van der Waals surface area contributed by atoms with Crippen molar-refractivity contribution in [2.75, 3.05) is 6.61 Å². The monoisotopic (exact) mass is 359 g/mol. The average Bonchev–Trinajstić information content (AvgIpc) is 2.78. The fourth-order valence-corrected chi connectivity index (χ4v) is 1.75. The topological polar surface area (TPSA) is 61.6 Å². The van der Waals surface area contributed by atoms with E-state index < -0.39 is 5.97 Å². The van der Waals surface area contributed by atoms with Gasteiger partial charge in [-0.1, -0.05) is 6.07 Å². The SMILES string of the molecule is CCOC(=O)c1coc(Oc2cccc(I)c2)n1. The molecule has 1 aromatic carbocycles. The molecule has 0 saturated carbocycles. The Morgan fingerprint density at radius 2 is 2.33 bits per heavy atom. The van der Waals surface area contributed by atoms with E-state index >= 15 is 0 Å². The van der Waals surface area contributed by atoms with Crippen molar-refractivity contribution in [3.8, 4) is 11.8 Å². The third kappa shape index (κ3) is 3.22. The van der Waals surface area contributed by atoms with Gasteiger partial charge < -0.3 is 13.9 Å². The summed E-state index contributed by atoms with van der Waals surface area (Å²) < 4.78 is 16.2. The van der Waals surface area contributed by atoms with Crippen molar-refractivity contribution in [1.29, 1.82) is 0 Å². The number of carbonyl (C=O) groups is 1. The molecular weight excluding hydrogens is 349 g/mol. The van der Waals surface area contributed by atoms with Crippen LogP contribution in [0, 0.1) is 3.57 Å². The van der Waals surface area contributed by atoms with E-state index in [2.05, 4.69) is 27.6 Å². The van der Waals surface area contributed by atoms with Gasteiger partial charge in [-0.15, -0.1) is 0 Å². The number of rotatable bonds is 4. The van der Waals surface area contributed by atoms with Crippen molar-refractivity contribution in [1.82, 2.24) is 4.98 Å². The first-order valence-electron chi connectivity index (χ1n) is 5.25. The van der Waals surface area contributed by atoms with Gasteiger partial charge in [0, 0.05) is 3.57 Å². The number of benzene rings is 1. The maximum Gasteiger partial charge on any atom is 0.399 e. The Hall–Kier alpha value is -1.57. The number of carbonyl (C=O) groups excluding carboxylic acids is 1. The fraction of sp³-hybridized carbons (Fsp3) is 0.167. The van der Waals surface area contributed by atoms with E-state index in [1.54, 1.807) is 13.0 Å². The Kier molecular flexibility index (Phi) is 4.19. The van der Waals surface area contributed by atoms with Crippen LogP contribution < -0.4 is 4.74 Å². The van der Waals surface area contributed by atoms with Crippen molar-refractivity contribution in [2.45, 2.75) is 6.92 Å². The molecular formula is C12H10INO4. The van der Waals surface area contributed by atoms with Gasteiger partial charge in [-0.2, -0.15) is 4.98 Å². The zero-order chi connectivity index (χ0) is 13.0. The lowest BCUT2D eigenvalue weighted by molar-refractivity contribution is 0.0519. The lowest BCUT2D eigenvalue weighted by atomic mass is 10.3. The summed E-state index contributed by atoms with van der Waals surface area (Å²) in [5, 5.41) is 0. The number of oxazole rings is 1. The molecule has 0 atom stereocenters. The lowest BCUT2D eigenvalue weighted by Gasteiger charge is -2.00. The Bertz CT molecular complexity index is 553. The highest BCUT2D eigenvalue weighted by Crippen LogP contribution is 2.22. The summed E-state index contributed by atoms with van der Waals surface area (Å²) >= 11 is 2.17. The minimum Gasteiger partial charge on any atom is -0.461 e. The molecule has 0 unspecified atom stereocenters. The smallest absolute Gasteiger partial charge is 0.399 e. The highest BCUT2D eigenvalue weighted by atomic mass is 127. The van der Waals surface area contributed by atoms with Crippen LogP contribution in [0.5, 0.6) is 11.8 Å². The molecule has 0 N–H and O–H groups in total. The van der Waals surface area contributed by atoms with Crippen LogP contribution in [0.1, 0.15) is 17.4 Å². The molecule has 1 aromatic heterocycles. The normalized spacial score (nSPS) is 10.1. The van der Waals surface area contributed by atoms with E-state index in [1.807, 2.05) is 18.2 Å². The van der Waals surface area contributed by atoms with Crippen LogP contribution in [-0.2, 0) is 4.74 Å². The summed E-state index contributed by atoms with van der Waals surface area (Å²) in [4.78, 5) is 15.3. The number of nitrogens with zero attached hydrogens (tertiary/aromatic N) is 1. The van der Waals surface area contributed by atoms with Gasteiger partial charge in [0.15, 0.2) is 5.69 Å². The maximum absolute atomic E-state index is 11.4. The molecule has 1 heterocycles. The quantitative estimate of drug-likeness (QED) is 0.620. The van der Waals surface area contributed by atoms with Crippen LogP contribution in [0.2, 0.25) is 0 Å². The van der Waals surface area contributed by atoms with Crippen molar-refractivity contribution in [2.24, 2.45) is 0 Å². The molecule has 5 nitrogen and oxygen atoms in total. The van der Waals surface area contributed by atoms with Crippen molar-refractivity contribution >= 4 is 28.6 Å². The first-order chi connectivity index (χ1) is 8.69. The Morgan fingerprint density at radius 3 is 3.06 bits per heavy atom. The minimum atomic E-state index is -0.529. The van der Waals surface area contributed by atoms with Gasteiger partial charge >= 0.3 is 12.0 Å². The zero-order valence-electron chi connectivity index (χ0n) is 9.55. The highest BCUT2D eigenvalue weighted by molar-refractivity contribution is 14.1. The molecule has 0 bridgehead atoms. The first kappa shape index (κ1) is 12.9. The van der Waals surface area contributed by atoms with Gasteiger partial charge in [-0.25, -0.2) is 4.79 Å². The molecule has 0 saturated heterocycles. The molecule has 0 aliphatic heterocycles. The second-order valence-electron chi connectivity index (χ2n) is 3.28. The number of hydrogen-bond acceptors (Lipinski definition) is 5. The summed E-state index contributed by atoms with van der Waals surface area (Å²) in [6, 6.07) is 7.39. The number of halogens is 1. The Morgan fingerprint density at radius 1 is 1.50 bits per heavy atom. The van der Waals surface area contributed by atoms with Crippen molar-refractivity contribution in [3.05, 3.63) is 39.8 Å². The summed E-state index contributed by atoms with van der Waals surface area (Å²) in [6.45, 7) is 2.01. The second kappa shape index (κ2) is 5.85. The van der Waals surface area contributed by atoms with Crippen LogP contribution in [0.3, 0.4) is 0 Å². The molecule has 2 rings (SSSR count). The van der Waals surface area contributed by atoms with Crippen molar-refractivity contribution < 1.29 is 18.7 Å². The molecule has 0 spiro atoms. The largest absolute Gasteiger partial charge is 0.461 e. The highest BCUT2D eigenvalue weighted by Gasteiger charge is 2.14.